The van der Waals surface area contributed by atoms with E-state index in [4.69, 9.17) is 0 Å². The lowest BCUT2D eigenvalue weighted by Gasteiger charge is -2.05. The molecule has 1 amide bonds. The Balaban J connectivity index is 2.03. The number of hydrogen-bond acceptors (Lipinski definition) is 1. The summed E-state index contributed by atoms with van der Waals surface area (Å²) in [6.45, 7) is 2.15. The zero-order valence-electron chi connectivity index (χ0n) is 10.2. The van der Waals surface area contributed by atoms with Gasteiger partial charge in [0.25, 0.3) is 5.91 Å². The molecule has 4 heteroatoms. The van der Waals surface area contributed by atoms with Crippen LogP contribution in [0.4, 0.5) is 5.69 Å². The molecule has 2 N–H and O–H groups in total. The molecule has 1 aromatic heterocycles. The van der Waals surface area contributed by atoms with Gasteiger partial charge in [-0.2, -0.15) is 0 Å². The summed E-state index contributed by atoms with van der Waals surface area (Å²) in [5.41, 5.74) is 2.64. The van der Waals surface area contributed by atoms with Gasteiger partial charge in [0.05, 0.1) is 0 Å². The summed E-state index contributed by atoms with van der Waals surface area (Å²) in [4.78, 5) is 14.8. The van der Waals surface area contributed by atoms with Gasteiger partial charge in [0.1, 0.15) is 5.69 Å². The van der Waals surface area contributed by atoms with Gasteiger partial charge in [0.15, 0.2) is 0 Å². The van der Waals surface area contributed by atoms with Crippen molar-refractivity contribution < 1.29 is 4.79 Å². The molecular formula is C14H15BrN2O. The van der Waals surface area contributed by atoms with Crippen LogP contribution >= 0.6 is 15.9 Å². The summed E-state index contributed by atoms with van der Waals surface area (Å²) in [6.07, 6.45) is 3.93. The summed E-state index contributed by atoms with van der Waals surface area (Å²) >= 11 is 3.30. The molecule has 0 saturated carbocycles. The molecule has 18 heavy (non-hydrogen) atoms. The fraction of sp³-hybridized carbons (Fsp3) is 0.214. The molecule has 0 spiro atoms. The molecule has 1 heterocycles. The summed E-state index contributed by atoms with van der Waals surface area (Å²) in [5.74, 6) is -0.135. The third-order valence-electron chi connectivity index (χ3n) is 2.64. The number of hydrogen-bond donors (Lipinski definition) is 2. The van der Waals surface area contributed by atoms with Crippen molar-refractivity contribution >= 4 is 27.5 Å². The number of halogens is 1. The Morgan fingerprint density at radius 1 is 1.33 bits per heavy atom. The van der Waals surface area contributed by atoms with Gasteiger partial charge >= 0.3 is 0 Å². The predicted octanol–water partition coefficient (Wildman–Crippen LogP) is 3.98. The van der Waals surface area contributed by atoms with Crippen molar-refractivity contribution in [3.05, 3.63) is 52.3 Å². The SMILES string of the molecule is CCCc1ccc(NC(=O)c2cc(Br)c[nH]2)cc1. The average molecular weight is 307 g/mol. The molecule has 0 bridgehead atoms. The maximum atomic E-state index is 11.9. The molecule has 0 radical (unpaired) electrons. The molecule has 1 aromatic carbocycles. The molecule has 2 rings (SSSR count). The van der Waals surface area contributed by atoms with Crippen LogP contribution in [-0.2, 0) is 6.42 Å². The van der Waals surface area contributed by atoms with Gasteiger partial charge in [-0.1, -0.05) is 25.5 Å². The van der Waals surface area contributed by atoms with Crippen LogP contribution in [0.2, 0.25) is 0 Å². The molecule has 0 unspecified atom stereocenters. The van der Waals surface area contributed by atoms with E-state index < -0.39 is 0 Å². The minimum Gasteiger partial charge on any atom is -0.356 e. The number of nitrogens with one attached hydrogen (secondary N) is 2. The first kappa shape index (κ1) is 12.9. The highest BCUT2D eigenvalue weighted by Gasteiger charge is 2.07. The van der Waals surface area contributed by atoms with Crippen LogP contribution in [0.1, 0.15) is 29.4 Å². The van der Waals surface area contributed by atoms with Crippen LogP contribution in [0.15, 0.2) is 41.0 Å². The van der Waals surface area contributed by atoms with Gasteiger partial charge in [0.2, 0.25) is 0 Å². The number of carbonyl (C=O) groups is 1. The number of benzene rings is 1. The quantitative estimate of drug-likeness (QED) is 0.881. The summed E-state index contributed by atoms with van der Waals surface area (Å²) < 4.78 is 0.867. The van der Waals surface area contributed by atoms with Crippen LogP contribution in [0.3, 0.4) is 0 Å². The van der Waals surface area contributed by atoms with Crippen molar-refractivity contribution in [2.45, 2.75) is 19.8 Å². The van der Waals surface area contributed by atoms with Gasteiger partial charge in [0, 0.05) is 16.4 Å². The van der Waals surface area contributed by atoms with Crippen molar-refractivity contribution in [2.75, 3.05) is 5.32 Å². The Hall–Kier alpha value is -1.55. The van der Waals surface area contributed by atoms with Gasteiger partial charge < -0.3 is 10.3 Å². The van der Waals surface area contributed by atoms with Gasteiger partial charge in [-0.25, -0.2) is 0 Å². The van der Waals surface area contributed by atoms with Gasteiger partial charge in [-0.3, -0.25) is 4.79 Å². The lowest BCUT2D eigenvalue weighted by molar-refractivity contribution is 0.102. The summed E-state index contributed by atoms with van der Waals surface area (Å²) in [7, 11) is 0. The number of H-pyrrole nitrogens is 1. The highest BCUT2D eigenvalue weighted by molar-refractivity contribution is 9.10. The molecule has 0 aliphatic carbocycles. The van der Waals surface area contributed by atoms with Gasteiger partial charge in [-0.05, 0) is 46.1 Å². The second-order valence-corrected chi connectivity index (χ2v) is 5.05. The van der Waals surface area contributed by atoms with Crippen molar-refractivity contribution in [1.29, 1.82) is 0 Å². The maximum absolute atomic E-state index is 11.9. The third-order valence-corrected chi connectivity index (χ3v) is 3.10. The second-order valence-electron chi connectivity index (χ2n) is 4.13. The monoisotopic (exact) mass is 306 g/mol. The fourth-order valence-electron chi connectivity index (χ4n) is 1.74. The standard InChI is InChI=1S/C14H15BrN2O/c1-2-3-10-4-6-12(7-5-10)17-14(18)13-8-11(15)9-16-13/h4-9,16H,2-3H2,1H3,(H,17,18). The minimum atomic E-state index is -0.135. The zero-order chi connectivity index (χ0) is 13.0. The Kier molecular flexibility index (Phi) is 4.20. The summed E-state index contributed by atoms with van der Waals surface area (Å²) in [5, 5.41) is 2.85. The molecule has 94 valence electrons. The van der Waals surface area contributed by atoms with E-state index in [1.807, 2.05) is 24.3 Å². The highest BCUT2D eigenvalue weighted by Crippen LogP contribution is 2.14. The lowest BCUT2D eigenvalue weighted by Crippen LogP contribution is -2.12. The van der Waals surface area contributed by atoms with Crippen LogP contribution in [0.25, 0.3) is 0 Å². The number of carbonyl (C=O) groups excluding carboxylic acids is 1. The predicted molar refractivity (Wildman–Crippen MR) is 76.9 cm³/mol. The van der Waals surface area contributed by atoms with Crippen molar-refractivity contribution in [3.63, 3.8) is 0 Å². The maximum Gasteiger partial charge on any atom is 0.272 e. The van der Waals surface area contributed by atoms with E-state index in [0.717, 1.165) is 23.0 Å². The molecule has 2 aromatic rings. The van der Waals surface area contributed by atoms with Crippen LogP contribution in [0.5, 0.6) is 0 Å². The largest absolute Gasteiger partial charge is 0.356 e. The molecule has 3 nitrogen and oxygen atoms in total. The molecule has 0 atom stereocenters. The van der Waals surface area contributed by atoms with E-state index in [-0.39, 0.29) is 5.91 Å². The molecule has 0 aliphatic rings. The first-order chi connectivity index (χ1) is 8.69. The van der Waals surface area contributed by atoms with E-state index >= 15 is 0 Å². The number of aromatic nitrogens is 1. The summed E-state index contributed by atoms with van der Waals surface area (Å²) in [6, 6.07) is 9.70. The van der Waals surface area contributed by atoms with E-state index in [1.54, 1.807) is 12.3 Å². The zero-order valence-corrected chi connectivity index (χ0v) is 11.8. The van der Waals surface area contributed by atoms with Crippen molar-refractivity contribution in [2.24, 2.45) is 0 Å². The molecular weight excluding hydrogens is 292 g/mol. The highest BCUT2D eigenvalue weighted by atomic mass is 79.9. The van der Waals surface area contributed by atoms with E-state index in [0.29, 0.717) is 5.69 Å². The number of aryl methyl sites for hydroxylation is 1. The van der Waals surface area contributed by atoms with E-state index in [1.165, 1.54) is 5.56 Å². The normalized spacial score (nSPS) is 10.3. The number of anilines is 1. The first-order valence-corrected chi connectivity index (χ1v) is 6.72. The first-order valence-electron chi connectivity index (χ1n) is 5.93. The minimum absolute atomic E-state index is 0.135. The topological polar surface area (TPSA) is 44.9 Å². The van der Waals surface area contributed by atoms with E-state index in [9.17, 15) is 4.79 Å². The average Bonchev–Trinajstić information content (AvgIpc) is 2.79. The Bertz CT molecular complexity index is 531. The van der Waals surface area contributed by atoms with E-state index in [2.05, 4.69) is 33.2 Å². The van der Waals surface area contributed by atoms with Crippen molar-refractivity contribution in [1.82, 2.24) is 4.98 Å². The smallest absolute Gasteiger partial charge is 0.272 e. The Morgan fingerprint density at radius 3 is 2.61 bits per heavy atom. The fourth-order valence-corrected chi connectivity index (χ4v) is 2.08. The molecule has 0 saturated heterocycles. The second kappa shape index (κ2) is 5.87. The Labute approximate surface area is 115 Å². The Morgan fingerprint density at radius 2 is 2.06 bits per heavy atom. The molecule has 0 fully saturated rings. The van der Waals surface area contributed by atoms with Crippen LogP contribution in [0, 0.1) is 0 Å². The van der Waals surface area contributed by atoms with Crippen LogP contribution in [-0.4, -0.2) is 10.9 Å². The van der Waals surface area contributed by atoms with Gasteiger partial charge in [-0.15, -0.1) is 0 Å². The number of amides is 1. The molecule has 0 aliphatic heterocycles. The number of aromatic amines is 1. The lowest BCUT2D eigenvalue weighted by atomic mass is 10.1. The van der Waals surface area contributed by atoms with Crippen LogP contribution < -0.4 is 5.32 Å². The van der Waals surface area contributed by atoms with Crippen molar-refractivity contribution in [3.8, 4) is 0 Å². The number of rotatable bonds is 4. The third kappa shape index (κ3) is 3.23.